The Labute approximate surface area is 121 Å². The lowest BCUT2D eigenvalue weighted by Gasteiger charge is -2.27. The summed E-state index contributed by atoms with van der Waals surface area (Å²) in [5.41, 5.74) is 7.54. The van der Waals surface area contributed by atoms with Crippen molar-refractivity contribution in [2.75, 3.05) is 11.4 Å². The van der Waals surface area contributed by atoms with E-state index in [9.17, 15) is 8.78 Å². The Balaban J connectivity index is 2.03. The zero-order chi connectivity index (χ0) is 15.0. The average Bonchev–Trinajstić information content (AvgIpc) is 2.84. The van der Waals surface area contributed by atoms with Crippen molar-refractivity contribution < 1.29 is 8.78 Å². The van der Waals surface area contributed by atoms with Gasteiger partial charge in [0.05, 0.1) is 18.3 Å². The maximum absolute atomic E-state index is 14.0. The van der Waals surface area contributed by atoms with Gasteiger partial charge < -0.3 is 10.6 Å². The van der Waals surface area contributed by atoms with E-state index in [1.54, 1.807) is 36.1 Å². The van der Waals surface area contributed by atoms with Crippen LogP contribution in [0.5, 0.6) is 0 Å². The summed E-state index contributed by atoms with van der Waals surface area (Å²) in [7, 11) is 0. The molecule has 0 fully saturated rings. The Morgan fingerprint density at radius 1 is 1.14 bits per heavy atom. The molecule has 3 nitrogen and oxygen atoms in total. The van der Waals surface area contributed by atoms with Crippen LogP contribution >= 0.6 is 0 Å². The molecule has 1 aliphatic heterocycles. The van der Waals surface area contributed by atoms with E-state index < -0.39 is 0 Å². The second-order valence-electron chi connectivity index (χ2n) is 5.04. The third-order valence-electron chi connectivity index (χ3n) is 3.68. The number of guanidine groups is 1. The molecule has 1 unspecified atom stereocenters. The summed E-state index contributed by atoms with van der Waals surface area (Å²) in [4.78, 5) is 5.79. The van der Waals surface area contributed by atoms with Gasteiger partial charge in [-0.1, -0.05) is 24.3 Å². The molecule has 0 amide bonds. The molecule has 1 atom stereocenters. The van der Waals surface area contributed by atoms with Crippen LogP contribution in [-0.4, -0.2) is 12.5 Å². The van der Waals surface area contributed by atoms with Gasteiger partial charge in [-0.3, -0.25) is 4.99 Å². The summed E-state index contributed by atoms with van der Waals surface area (Å²) < 4.78 is 27.8. The van der Waals surface area contributed by atoms with E-state index in [0.29, 0.717) is 17.8 Å². The Morgan fingerprint density at radius 3 is 2.62 bits per heavy atom. The lowest BCUT2D eigenvalue weighted by Crippen LogP contribution is -2.36. The van der Waals surface area contributed by atoms with Crippen LogP contribution in [0.3, 0.4) is 0 Å². The van der Waals surface area contributed by atoms with Gasteiger partial charge in [-0.25, -0.2) is 8.78 Å². The molecule has 0 aromatic heterocycles. The Kier molecular flexibility index (Phi) is 3.33. The van der Waals surface area contributed by atoms with Crippen LogP contribution in [0.15, 0.2) is 47.5 Å². The molecule has 21 heavy (non-hydrogen) atoms. The SMILES string of the molecule is Cc1ccc(C2CN=C(N)N2c2ccccc2F)cc1F. The molecule has 0 aliphatic carbocycles. The van der Waals surface area contributed by atoms with Crippen molar-refractivity contribution >= 4 is 11.6 Å². The number of nitrogens with zero attached hydrogens (tertiary/aromatic N) is 2. The minimum Gasteiger partial charge on any atom is -0.369 e. The highest BCUT2D eigenvalue weighted by Gasteiger charge is 2.30. The van der Waals surface area contributed by atoms with Crippen molar-refractivity contribution in [3.8, 4) is 0 Å². The van der Waals surface area contributed by atoms with Crippen molar-refractivity contribution in [2.24, 2.45) is 10.7 Å². The van der Waals surface area contributed by atoms with E-state index in [2.05, 4.69) is 4.99 Å². The van der Waals surface area contributed by atoms with Gasteiger partial charge in [-0.05, 0) is 36.2 Å². The molecule has 1 heterocycles. The molecular weight excluding hydrogens is 272 g/mol. The highest BCUT2D eigenvalue weighted by Crippen LogP contribution is 2.33. The zero-order valence-electron chi connectivity index (χ0n) is 11.6. The number of aryl methyl sites for hydroxylation is 1. The highest BCUT2D eigenvalue weighted by atomic mass is 19.1. The van der Waals surface area contributed by atoms with E-state index in [4.69, 9.17) is 5.73 Å². The largest absolute Gasteiger partial charge is 0.369 e. The van der Waals surface area contributed by atoms with E-state index >= 15 is 0 Å². The number of halogens is 2. The van der Waals surface area contributed by atoms with Crippen molar-refractivity contribution in [3.63, 3.8) is 0 Å². The maximum Gasteiger partial charge on any atom is 0.196 e. The molecule has 2 aromatic carbocycles. The zero-order valence-corrected chi connectivity index (χ0v) is 11.6. The number of anilines is 1. The predicted octanol–water partition coefficient (Wildman–Crippen LogP) is 3.15. The summed E-state index contributed by atoms with van der Waals surface area (Å²) in [5.74, 6) is -0.423. The fourth-order valence-electron chi connectivity index (χ4n) is 2.51. The topological polar surface area (TPSA) is 41.6 Å². The third-order valence-corrected chi connectivity index (χ3v) is 3.68. The number of hydrogen-bond acceptors (Lipinski definition) is 3. The summed E-state index contributed by atoms with van der Waals surface area (Å²) >= 11 is 0. The molecular formula is C16H15F2N3. The number of benzene rings is 2. The van der Waals surface area contributed by atoms with Crippen LogP contribution in [0.2, 0.25) is 0 Å². The van der Waals surface area contributed by atoms with Gasteiger partial charge >= 0.3 is 0 Å². The molecule has 0 spiro atoms. The lowest BCUT2D eigenvalue weighted by atomic mass is 10.0. The van der Waals surface area contributed by atoms with E-state index in [1.807, 2.05) is 6.07 Å². The molecule has 0 bridgehead atoms. The van der Waals surface area contributed by atoms with Gasteiger partial charge in [0.25, 0.3) is 0 Å². The van der Waals surface area contributed by atoms with Crippen molar-refractivity contribution in [2.45, 2.75) is 13.0 Å². The minimum atomic E-state index is -0.380. The van der Waals surface area contributed by atoms with Crippen molar-refractivity contribution in [3.05, 3.63) is 65.2 Å². The Morgan fingerprint density at radius 2 is 1.90 bits per heavy atom. The molecule has 0 saturated carbocycles. The van der Waals surface area contributed by atoms with Crippen LogP contribution in [0.4, 0.5) is 14.5 Å². The molecule has 0 saturated heterocycles. The number of para-hydroxylation sites is 1. The maximum atomic E-state index is 14.0. The van der Waals surface area contributed by atoms with E-state index in [0.717, 1.165) is 5.56 Å². The first-order valence-electron chi connectivity index (χ1n) is 6.67. The minimum absolute atomic E-state index is 0.242. The van der Waals surface area contributed by atoms with Crippen LogP contribution < -0.4 is 10.6 Å². The lowest BCUT2D eigenvalue weighted by molar-refractivity contribution is 0.607. The van der Waals surface area contributed by atoms with Gasteiger partial charge in [-0.15, -0.1) is 0 Å². The van der Waals surface area contributed by atoms with Crippen molar-refractivity contribution in [1.82, 2.24) is 0 Å². The second kappa shape index (κ2) is 5.16. The first-order chi connectivity index (χ1) is 10.1. The summed E-state index contributed by atoms with van der Waals surface area (Å²) in [5, 5.41) is 0. The van der Waals surface area contributed by atoms with Crippen LogP contribution in [-0.2, 0) is 0 Å². The summed E-state index contributed by atoms with van der Waals surface area (Å²) in [6, 6.07) is 11.1. The van der Waals surface area contributed by atoms with Gasteiger partial charge in [0, 0.05) is 0 Å². The monoisotopic (exact) mass is 287 g/mol. The average molecular weight is 287 g/mol. The summed E-state index contributed by atoms with van der Waals surface area (Å²) in [6.45, 7) is 2.08. The van der Waals surface area contributed by atoms with Crippen molar-refractivity contribution in [1.29, 1.82) is 0 Å². The standard InChI is InChI=1S/C16H15F2N3/c1-10-6-7-11(8-13(10)18)15-9-20-16(19)21(15)14-5-3-2-4-12(14)17/h2-8,15H,9H2,1H3,(H2,19,20). The summed E-state index contributed by atoms with van der Waals surface area (Å²) in [6.07, 6.45) is 0. The number of rotatable bonds is 2. The van der Waals surface area contributed by atoms with E-state index in [-0.39, 0.29) is 23.6 Å². The molecule has 1 aliphatic rings. The van der Waals surface area contributed by atoms with Gasteiger partial charge in [0.2, 0.25) is 0 Å². The van der Waals surface area contributed by atoms with Crippen LogP contribution in [0, 0.1) is 18.6 Å². The smallest absolute Gasteiger partial charge is 0.196 e. The van der Waals surface area contributed by atoms with Crippen LogP contribution in [0.1, 0.15) is 17.2 Å². The van der Waals surface area contributed by atoms with Gasteiger partial charge in [0.15, 0.2) is 5.96 Å². The molecule has 108 valence electrons. The predicted molar refractivity (Wildman–Crippen MR) is 79.2 cm³/mol. The highest BCUT2D eigenvalue weighted by molar-refractivity contribution is 5.97. The molecule has 5 heteroatoms. The fourth-order valence-corrected chi connectivity index (χ4v) is 2.51. The fraction of sp³-hybridized carbons (Fsp3) is 0.188. The van der Waals surface area contributed by atoms with Crippen LogP contribution in [0.25, 0.3) is 0 Å². The normalized spacial score (nSPS) is 18.0. The number of aliphatic imine (C=N–C) groups is 1. The van der Waals surface area contributed by atoms with E-state index in [1.165, 1.54) is 12.1 Å². The van der Waals surface area contributed by atoms with Gasteiger partial charge in [0.1, 0.15) is 11.6 Å². The first kappa shape index (κ1) is 13.5. The molecule has 2 N–H and O–H groups in total. The number of nitrogens with two attached hydrogens (primary N) is 1. The third kappa shape index (κ3) is 2.35. The number of hydrogen-bond donors (Lipinski definition) is 1. The second-order valence-corrected chi connectivity index (χ2v) is 5.04. The molecule has 2 aromatic rings. The Bertz CT molecular complexity index is 712. The van der Waals surface area contributed by atoms with Gasteiger partial charge in [-0.2, -0.15) is 0 Å². The quantitative estimate of drug-likeness (QED) is 0.922. The Hall–Kier alpha value is -2.43. The molecule has 0 radical (unpaired) electrons. The molecule has 3 rings (SSSR count). The first-order valence-corrected chi connectivity index (χ1v) is 6.67.